The third-order valence-electron chi connectivity index (χ3n) is 4.39. The molecular weight excluding hydrogens is 290 g/mol. The predicted molar refractivity (Wildman–Crippen MR) is 81.4 cm³/mol. The molecule has 0 unspecified atom stereocenters. The zero-order valence-electron chi connectivity index (χ0n) is 12.9. The number of aromatic nitrogens is 2. The summed E-state index contributed by atoms with van der Waals surface area (Å²) in [5.41, 5.74) is 0.575. The van der Waals surface area contributed by atoms with Crippen LogP contribution in [0.25, 0.3) is 0 Å². The maximum atomic E-state index is 12.5. The van der Waals surface area contributed by atoms with E-state index in [1.807, 2.05) is 14.1 Å². The molecule has 1 fully saturated rings. The Kier molecular flexibility index (Phi) is 5.03. The summed E-state index contributed by atoms with van der Waals surface area (Å²) in [7, 11) is 2.24. The number of hydrogen-bond donors (Lipinski definition) is 3. The van der Waals surface area contributed by atoms with Crippen molar-refractivity contribution in [2.24, 2.45) is 0 Å². The molecule has 3 N–H and O–H groups in total. The molecule has 1 aromatic heterocycles. The average Bonchev–Trinajstić information content (AvgIpc) is 3.06. The van der Waals surface area contributed by atoms with E-state index in [9.17, 15) is 8.42 Å². The summed E-state index contributed by atoms with van der Waals surface area (Å²) in [6.45, 7) is 0.895. The van der Waals surface area contributed by atoms with Gasteiger partial charge in [-0.25, -0.2) is 13.1 Å². The van der Waals surface area contributed by atoms with Gasteiger partial charge in [-0.1, -0.05) is 12.8 Å². The smallest absolute Gasteiger partial charge is 0.257 e. The molecule has 7 nitrogen and oxygen atoms in total. The summed E-state index contributed by atoms with van der Waals surface area (Å²) >= 11 is 0. The second-order valence-electron chi connectivity index (χ2n) is 5.91. The Hall–Kier alpha value is -0.960. The monoisotopic (exact) mass is 315 g/mol. The Balaban J connectivity index is 2.12. The topological polar surface area (TPSA) is 90.1 Å². The number of likely N-dealkylation sites (N-methyl/N-ethyl adjacent to an activating group) is 1. The van der Waals surface area contributed by atoms with Gasteiger partial charge < -0.3 is 10.2 Å². The van der Waals surface area contributed by atoms with Gasteiger partial charge in [0.25, 0.3) is 10.0 Å². The molecule has 21 heavy (non-hydrogen) atoms. The molecule has 0 amide bonds. The van der Waals surface area contributed by atoms with Crippen LogP contribution in [0.1, 0.15) is 31.2 Å². The number of nitrogens with zero attached hydrogens (tertiary/aromatic N) is 2. The highest BCUT2D eigenvalue weighted by Crippen LogP contribution is 2.33. The summed E-state index contributed by atoms with van der Waals surface area (Å²) in [5, 5.41) is 9.54. The molecule has 0 atom stereocenters. The molecule has 1 aromatic rings. The third kappa shape index (κ3) is 3.45. The van der Waals surface area contributed by atoms with Crippen LogP contribution in [-0.2, 0) is 16.6 Å². The Morgan fingerprint density at radius 2 is 2.05 bits per heavy atom. The van der Waals surface area contributed by atoms with Crippen molar-refractivity contribution in [3.63, 3.8) is 0 Å². The molecule has 8 heteroatoms. The first-order valence-electron chi connectivity index (χ1n) is 7.25. The van der Waals surface area contributed by atoms with Crippen molar-refractivity contribution in [3.05, 3.63) is 11.8 Å². The summed E-state index contributed by atoms with van der Waals surface area (Å²) in [5.74, 6) is 0. The standard InChI is InChI=1S/C13H25N5O2S/c1-14-8-11-9-15-17-12(11)21(19,20)16-10-13(18(2)3)6-4-5-7-13/h9,14,16H,4-8,10H2,1-3H3,(H,15,17). The minimum absolute atomic E-state index is 0.0732. The molecule has 1 aliphatic carbocycles. The van der Waals surface area contributed by atoms with Gasteiger partial charge in [-0.15, -0.1) is 0 Å². The van der Waals surface area contributed by atoms with E-state index in [4.69, 9.17) is 0 Å². The lowest BCUT2D eigenvalue weighted by Crippen LogP contribution is -2.50. The summed E-state index contributed by atoms with van der Waals surface area (Å²) in [6.07, 6.45) is 5.88. The van der Waals surface area contributed by atoms with Crippen LogP contribution in [-0.4, -0.2) is 56.7 Å². The maximum Gasteiger partial charge on any atom is 0.257 e. The van der Waals surface area contributed by atoms with Crippen LogP contribution in [0.2, 0.25) is 0 Å². The third-order valence-corrected chi connectivity index (χ3v) is 5.80. The maximum absolute atomic E-state index is 12.5. The number of H-pyrrole nitrogens is 1. The van der Waals surface area contributed by atoms with Crippen molar-refractivity contribution < 1.29 is 8.42 Å². The van der Waals surface area contributed by atoms with E-state index < -0.39 is 10.0 Å². The Morgan fingerprint density at radius 1 is 1.38 bits per heavy atom. The van der Waals surface area contributed by atoms with Crippen LogP contribution in [0.15, 0.2) is 11.2 Å². The highest BCUT2D eigenvalue weighted by Gasteiger charge is 2.37. The van der Waals surface area contributed by atoms with E-state index in [2.05, 4.69) is 25.1 Å². The van der Waals surface area contributed by atoms with Crippen molar-refractivity contribution in [1.82, 2.24) is 25.1 Å². The van der Waals surface area contributed by atoms with Gasteiger partial charge >= 0.3 is 0 Å². The van der Waals surface area contributed by atoms with E-state index in [0.29, 0.717) is 18.7 Å². The number of aromatic amines is 1. The first-order valence-corrected chi connectivity index (χ1v) is 8.73. The van der Waals surface area contributed by atoms with Crippen molar-refractivity contribution in [2.45, 2.75) is 42.8 Å². The molecule has 0 saturated heterocycles. The van der Waals surface area contributed by atoms with Crippen LogP contribution < -0.4 is 10.0 Å². The summed E-state index contributed by atoms with van der Waals surface area (Å²) in [4.78, 5) is 2.14. The first kappa shape index (κ1) is 16.4. The van der Waals surface area contributed by atoms with E-state index in [1.54, 1.807) is 13.2 Å². The minimum Gasteiger partial charge on any atom is -0.316 e. The van der Waals surface area contributed by atoms with Gasteiger partial charge in [0, 0.05) is 24.2 Å². The molecule has 0 aliphatic heterocycles. The molecule has 120 valence electrons. The lowest BCUT2D eigenvalue weighted by atomic mass is 9.97. The molecule has 1 aliphatic rings. The molecule has 0 bridgehead atoms. The number of nitrogens with one attached hydrogen (secondary N) is 3. The fourth-order valence-electron chi connectivity index (χ4n) is 2.97. The second kappa shape index (κ2) is 6.43. The van der Waals surface area contributed by atoms with Crippen molar-refractivity contribution >= 4 is 10.0 Å². The molecule has 0 spiro atoms. The van der Waals surface area contributed by atoms with Crippen LogP contribution in [0, 0.1) is 0 Å². The largest absolute Gasteiger partial charge is 0.316 e. The Bertz CT molecular complexity index is 561. The molecule has 0 radical (unpaired) electrons. The molecule has 2 rings (SSSR count). The van der Waals surface area contributed by atoms with Crippen molar-refractivity contribution in [3.8, 4) is 0 Å². The molecule has 1 saturated carbocycles. The Morgan fingerprint density at radius 3 is 2.62 bits per heavy atom. The minimum atomic E-state index is -3.56. The number of sulfonamides is 1. The number of hydrogen-bond acceptors (Lipinski definition) is 5. The summed E-state index contributed by atoms with van der Waals surface area (Å²) in [6, 6.07) is 0. The number of rotatable bonds is 7. The van der Waals surface area contributed by atoms with E-state index in [-0.39, 0.29) is 10.6 Å². The normalized spacial score (nSPS) is 18.5. The van der Waals surface area contributed by atoms with E-state index in [1.165, 1.54) is 0 Å². The summed E-state index contributed by atoms with van der Waals surface area (Å²) < 4.78 is 27.7. The van der Waals surface area contributed by atoms with Crippen molar-refractivity contribution in [2.75, 3.05) is 27.7 Å². The van der Waals surface area contributed by atoms with Gasteiger partial charge in [-0.3, -0.25) is 5.10 Å². The fraction of sp³-hybridized carbons (Fsp3) is 0.769. The van der Waals surface area contributed by atoms with E-state index >= 15 is 0 Å². The van der Waals surface area contributed by atoms with Gasteiger partial charge in [0.05, 0.1) is 6.20 Å². The zero-order chi connectivity index (χ0) is 15.5. The van der Waals surface area contributed by atoms with E-state index in [0.717, 1.165) is 25.7 Å². The predicted octanol–water partition coefficient (Wildman–Crippen LogP) is 0.282. The quantitative estimate of drug-likeness (QED) is 0.672. The average molecular weight is 315 g/mol. The second-order valence-corrected chi connectivity index (χ2v) is 7.61. The highest BCUT2D eigenvalue weighted by molar-refractivity contribution is 7.89. The van der Waals surface area contributed by atoms with Crippen LogP contribution in [0.3, 0.4) is 0 Å². The van der Waals surface area contributed by atoms with Gasteiger partial charge in [0.15, 0.2) is 5.03 Å². The lowest BCUT2D eigenvalue weighted by Gasteiger charge is -2.36. The van der Waals surface area contributed by atoms with Crippen LogP contribution >= 0.6 is 0 Å². The first-order chi connectivity index (χ1) is 9.91. The SMILES string of the molecule is CNCc1cn[nH]c1S(=O)(=O)NCC1(N(C)C)CCCC1. The molecular formula is C13H25N5O2S. The lowest BCUT2D eigenvalue weighted by molar-refractivity contribution is 0.162. The van der Waals surface area contributed by atoms with Crippen LogP contribution in [0.4, 0.5) is 0 Å². The van der Waals surface area contributed by atoms with Gasteiger partial charge in [0.2, 0.25) is 0 Å². The van der Waals surface area contributed by atoms with Crippen molar-refractivity contribution in [1.29, 1.82) is 0 Å². The Labute approximate surface area is 126 Å². The molecule has 0 aromatic carbocycles. The highest BCUT2D eigenvalue weighted by atomic mass is 32.2. The van der Waals surface area contributed by atoms with Gasteiger partial charge in [-0.05, 0) is 34.0 Å². The van der Waals surface area contributed by atoms with Crippen LogP contribution in [0.5, 0.6) is 0 Å². The zero-order valence-corrected chi connectivity index (χ0v) is 13.8. The molecule has 1 heterocycles. The fourth-order valence-corrected chi connectivity index (χ4v) is 4.21. The van der Waals surface area contributed by atoms with Gasteiger partial charge in [0.1, 0.15) is 0 Å². The van der Waals surface area contributed by atoms with Gasteiger partial charge in [-0.2, -0.15) is 5.10 Å².